The number of benzene rings is 1. The quantitative estimate of drug-likeness (QED) is 0.583. The zero-order chi connectivity index (χ0) is 19.1. The van der Waals surface area contributed by atoms with Crippen molar-refractivity contribution in [2.75, 3.05) is 6.61 Å². The van der Waals surface area contributed by atoms with Crippen molar-refractivity contribution in [1.29, 1.82) is 0 Å². The van der Waals surface area contributed by atoms with Gasteiger partial charge in [-0.25, -0.2) is 4.68 Å². The minimum atomic E-state index is -0.609. The van der Waals surface area contributed by atoms with E-state index < -0.39 is 5.91 Å². The molecule has 0 radical (unpaired) electrons. The number of hydrogen-bond donors (Lipinski definition) is 2. The first-order chi connectivity index (χ1) is 12.4. The van der Waals surface area contributed by atoms with Gasteiger partial charge in [0.15, 0.2) is 5.69 Å². The smallest absolute Gasteiger partial charge is 0.290 e. The molecular weight excluding hydrogens is 360 g/mol. The van der Waals surface area contributed by atoms with Crippen LogP contribution in [0.1, 0.15) is 28.9 Å². The molecule has 0 spiro atoms. The molecule has 138 valence electrons. The Hall–Kier alpha value is -2.87. The van der Waals surface area contributed by atoms with E-state index in [1.54, 1.807) is 18.2 Å². The van der Waals surface area contributed by atoms with Crippen molar-refractivity contribution in [2.45, 2.75) is 19.8 Å². The third kappa shape index (κ3) is 5.59. The average molecular weight is 379 g/mol. The van der Waals surface area contributed by atoms with E-state index >= 15 is 0 Å². The number of amides is 2. The lowest BCUT2D eigenvalue weighted by molar-refractivity contribution is -0.122. The molecule has 0 saturated carbocycles. The summed E-state index contributed by atoms with van der Waals surface area (Å²) in [4.78, 5) is 34.8. The predicted octanol–water partition coefficient (Wildman–Crippen LogP) is 1.36. The van der Waals surface area contributed by atoms with Crippen LogP contribution in [0.4, 0.5) is 0 Å². The molecule has 0 aliphatic carbocycles. The van der Waals surface area contributed by atoms with Gasteiger partial charge in [-0.05, 0) is 43.2 Å². The number of carbonyl (C=O) groups excluding carboxylic acids is 2. The van der Waals surface area contributed by atoms with Crippen LogP contribution in [0, 0.1) is 6.92 Å². The molecule has 2 aromatic rings. The van der Waals surface area contributed by atoms with Gasteiger partial charge in [-0.1, -0.05) is 11.6 Å². The van der Waals surface area contributed by atoms with Gasteiger partial charge in [0, 0.05) is 24.6 Å². The first-order valence-corrected chi connectivity index (χ1v) is 8.27. The zero-order valence-electron chi connectivity index (χ0n) is 14.4. The summed E-state index contributed by atoms with van der Waals surface area (Å²) >= 11 is 5.88. The maximum Gasteiger partial charge on any atom is 0.290 e. The van der Waals surface area contributed by atoms with E-state index in [9.17, 15) is 14.4 Å². The van der Waals surface area contributed by atoms with Crippen molar-refractivity contribution in [1.82, 2.24) is 20.6 Å². The molecule has 0 unspecified atom stereocenters. The SMILES string of the molecule is Cc1cc(Cl)ccc1OCCCC(=O)NNC(=O)c1ccc(=O)n(C)n1. The second kappa shape index (κ2) is 9.00. The summed E-state index contributed by atoms with van der Waals surface area (Å²) in [5.41, 5.74) is 5.15. The van der Waals surface area contributed by atoms with Gasteiger partial charge in [-0.3, -0.25) is 25.2 Å². The third-order valence-corrected chi connectivity index (χ3v) is 3.69. The predicted molar refractivity (Wildman–Crippen MR) is 96.0 cm³/mol. The fourth-order valence-corrected chi connectivity index (χ4v) is 2.29. The number of halogens is 1. The lowest BCUT2D eigenvalue weighted by Gasteiger charge is -2.10. The highest BCUT2D eigenvalue weighted by atomic mass is 35.5. The molecule has 2 amide bonds. The van der Waals surface area contributed by atoms with Crippen molar-refractivity contribution >= 4 is 23.4 Å². The molecule has 8 nitrogen and oxygen atoms in total. The van der Waals surface area contributed by atoms with Gasteiger partial charge in [0.05, 0.1) is 6.61 Å². The van der Waals surface area contributed by atoms with Gasteiger partial charge < -0.3 is 4.74 Å². The number of rotatable bonds is 6. The van der Waals surface area contributed by atoms with Crippen molar-refractivity contribution in [3.8, 4) is 5.75 Å². The third-order valence-electron chi connectivity index (χ3n) is 3.45. The molecule has 0 saturated heterocycles. The van der Waals surface area contributed by atoms with Crippen molar-refractivity contribution in [3.05, 3.63) is 57.0 Å². The number of aromatic nitrogens is 2. The van der Waals surface area contributed by atoms with E-state index in [-0.39, 0.29) is 23.6 Å². The first-order valence-electron chi connectivity index (χ1n) is 7.89. The number of ether oxygens (including phenoxy) is 1. The fourth-order valence-electron chi connectivity index (χ4n) is 2.07. The van der Waals surface area contributed by atoms with Gasteiger partial charge in [-0.2, -0.15) is 5.10 Å². The van der Waals surface area contributed by atoms with E-state index in [4.69, 9.17) is 16.3 Å². The molecule has 1 aromatic heterocycles. The van der Waals surface area contributed by atoms with E-state index in [0.717, 1.165) is 10.2 Å². The topological polar surface area (TPSA) is 102 Å². The fraction of sp³-hybridized carbons (Fsp3) is 0.294. The summed E-state index contributed by atoms with van der Waals surface area (Å²) in [5.74, 6) is -0.259. The molecule has 2 rings (SSSR count). The van der Waals surface area contributed by atoms with Crippen molar-refractivity contribution < 1.29 is 14.3 Å². The van der Waals surface area contributed by atoms with Crippen LogP contribution in [-0.2, 0) is 11.8 Å². The summed E-state index contributed by atoms with van der Waals surface area (Å²) in [5, 5.41) is 4.42. The Kier molecular flexibility index (Phi) is 6.74. The van der Waals surface area contributed by atoms with Crippen LogP contribution in [0.5, 0.6) is 5.75 Å². The molecule has 1 aromatic carbocycles. The average Bonchev–Trinajstić information content (AvgIpc) is 2.60. The van der Waals surface area contributed by atoms with Crippen LogP contribution in [0.25, 0.3) is 0 Å². The lowest BCUT2D eigenvalue weighted by Crippen LogP contribution is -2.42. The molecular formula is C17H19ClN4O4. The Morgan fingerprint density at radius 1 is 1.23 bits per heavy atom. The van der Waals surface area contributed by atoms with Crippen LogP contribution < -0.4 is 21.1 Å². The van der Waals surface area contributed by atoms with Gasteiger partial charge in [0.25, 0.3) is 11.5 Å². The number of nitrogens with one attached hydrogen (secondary N) is 2. The zero-order valence-corrected chi connectivity index (χ0v) is 15.2. The minimum absolute atomic E-state index is 0.0222. The van der Waals surface area contributed by atoms with Gasteiger partial charge >= 0.3 is 0 Å². The molecule has 0 bridgehead atoms. The normalized spacial score (nSPS) is 10.3. The second-order valence-corrected chi connectivity index (χ2v) is 5.98. The molecule has 1 heterocycles. The summed E-state index contributed by atoms with van der Waals surface area (Å²) in [6, 6.07) is 7.82. The maximum atomic E-state index is 11.9. The highest BCUT2D eigenvalue weighted by Gasteiger charge is 2.10. The molecule has 9 heteroatoms. The van der Waals surface area contributed by atoms with Gasteiger partial charge in [0.1, 0.15) is 5.75 Å². The molecule has 0 fully saturated rings. The monoisotopic (exact) mass is 378 g/mol. The molecule has 2 N–H and O–H groups in total. The van der Waals surface area contributed by atoms with E-state index in [1.165, 1.54) is 19.2 Å². The second-order valence-electron chi connectivity index (χ2n) is 5.54. The molecule has 0 atom stereocenters. The standard InChI is InChI=1S/C17H19ClN4O4/c1-11-10-12(18)5-7-14(11)26-9-3-4-15(23)19-20-17(25)13-6-8-16(24)22(2)21-13/h5-8,10H,3-4,9H2,1-2H3,(H,19,23)(H,20,25). The summed E-state index contributed by atoms with van der Waals surface area (Å²) in [7, 11) is 1.43. The largest absolute Gasteiger partial charge is 0.493 e. The Labute approximate surface area is 155 Å². The van der Waals surface area contributed by atoms with Gasteiger partial charge in [-0.15, -0.1) is 0 Å². The summed E-state index contributed by atoms with van der Waals surface area (Å²) < 4.78 is 6.63. The van der Waals surface area contributed by atoms with Crippen molar-refractivity contribution in [2.24, 2.45) is 7.05 Å². The van der Waals surface area contributed by atoms with E-state index in [0.29, 0.717) is 23.8 Å². The summed E-state index contributed by atoms with van der Waals surface area (Å²) in [6.45, 7) is 2.24. The Morgan fingerprint density at radius 3 is 2.69 bits per heavy atom. The van der Waals surface area contributed by atoms with Crippen LogP contribution in [-0.4, -0.2) is 28.2 Å². The van der Waals surface area contributed by atoms with Crippen LogP contribution >= 0.6 is 11.6 Å². The Morgan fingerprint density at radius 2 is 2.00 bits per heavy atom. The van der Waals surface area contributed by atoms with Crippen molar-refractivity contribution in [3.63, 3.8) is 0 Å². The lowest BCUT2D eigenvalue weighted by atomic mass is 10.2. The van der Waals surface area contributed by atoms with Crippen LogP contribution in [0.15, 0.2) is 35.1 Å². The van der Waals surface area contributed by atoms with E-state index in [2.05, 4.69) is 16.0 Å². The Balaban J connectivity index is 1.71. The first kappa shape index (κ1) is 19.5. The number of nitrogens with zero attached hydrogens (tertiary/aromatic N) is 2. The minimum Gasteiger partial charge on any atom is -0.493 e. The highest BCUT2D eigenvalue weighted by molar-refractivity contribution is 6.30. The number of aryl methyl sites for hydroxylation is 2. The highest BCUT2D eigenvalue weighted by Crippen LogP contribution is 2.21. The van der Waals surface area contributed by atoms with Crippen LogP contribution in [0.2, 0.25) is 5.02 Å². The maximum absolute atomic E-state index is 11.9. The number of hydrogen-bond acceptors (Lipinski definition) is 5. The molecule has 0 aliphatic heterocycles. The molecule has 0 aliphatic rings. The van der Waals surface area contributed by atoms with Gasteiger partial charge in [0.2, 0.25) is 5.91 Å². The number of hydrazine groups is 1. The molecule has 26 heavy (non-hydrogen) atoms. The van der Waals surface area contributed by atoms with Crippen LogP contribution in [0.3, 0.4) is 0 Å². The number of carbonyl (C=O) groups is 2. The summed E-state index contributed by atoms with van der Waals surface area (Å²) in [6.07, 6.45) is 0.648. The Bertz CT molecular complexity index is 866. The van der Waals surface area contributed by atoms with E-state index in [1.807, 2.05) is 6.92 Å².